The molecule has 1 heterocycles. The Balaban J connectivity index is 1.54. The number of nitrogens with two attached hydrogens (primary N) is 1. The Morgan fingerprint density at radius 2 is 1.95 bits per heavy atom. The first kappa shape index (κ1) is 13.4. The highest BCUT2D eigenvalue weighted by Crippen LogP contribution is 2.36. The van der Waals surface area contributed by atoms with E-state index in [-0.39, 0.29) is 11.3 Å². The lowest BCUT2D eigenvalue weighted by molar-refractivity contribution is -0.133. The summed E-state index contributed by atoms with van der Waals surface area (Å²) < 4.78 is 0. The van der Waals surface area contributed by atoms with Crippen molar-refractivity contribution in [3.05, 3.63) is 0 Å². The third-order valence-corrected chi connectivity index (χ3v) is 5.30. The molecule has 0 radical (unpaired) electrons. The summed E-state index contributed by atoms with van der Waals surface area (Å²) in [5.74, 6) is 0.234. The van der Waals surface area contributed by atoms with Crippen molar-refractivity contribution in [1.82, 2.24) is 10.2 Å². The second-order valence-electron chi connectivity index (χ2n) is 6.73. The van der Waals surface area contributed by atoms with Crippen LogP contribution in [0.3, 0.4) is 0 Å². The molecule has 1 unspecified atom stereocenters. The van der Waals surface area contributed by atoms with Gasteiger partial charge in [-0.15, -0.1) is 0 Å². The molecule has 3 N–H and O–H groups in total. The standard InChI is InChI=1S/C15H27N3O/c16-11-15(7-2-1-3-8-15)14(19)17-12-6-9-18(10-12)13-4-5-13/h12-13H,1-11,16H2,(H,17,19). The fourth-order valence-electron chi connectivity index (χ4n) is 3.77. The molecular weight excluding hydrogens is 238 g/mol. The Morgan fingerprint density at radius 3 is 2.58 bits per heavy atom. The zero-order valence-corrected chi connectivity index (χ0v) is 11.9. The van der Waals surface area contributed by atoms with Gasteiger partial charge >= 0.3 is 0 Å². The third-order valence-electron chi connectivity index (χ3n) is 5.30. The monoisotopic (exact) mass is 265 g/mol. The van der Waals surface area contributed by atoms with Crippen LogP contribution < -0.4 is 11.1 Å². The highest BCUT2D eigenvalue weighted by Gasteiger charge is 2.41. The molecule has 0 bridgehead atoms. The van der Waals surface area contributed by atoms with Gasteiger partial charge in [-0.05, 0) is 32.1 Å². The molecule has 2 saturated carbocycles. The van der Waals surface area contributed by atoms with Gasteiger partial charge in [-0.25, -0.2) is 0 Å². The predicted octanol–water partition coefficient (Wildman–Crippen LogP) is 1.25. The molecular formula is C15H27N3O. The maximum atomic E-state index is 12.6. The van der Waals surface area contributed by atoms with E-state index in [9.17, 15) is 4.79 Å². The molecule has 1 saturated heterocycles. The molecule has 1 aliphatic heterocycles. The van der Waals surface area contributed by atoms with E-state index in [4.69, 9.17) is 5.73 Å². The lowest BCUT2D eigenvalue weighted by atomic mass is 9.73. The quantitative estimate of drug-likeness (QED) is 0.804. The molecule has 1 amide bonds. The van der Waals surface area contributed by atoms with Crippen LogP contribution in [0.4, 0.5) is 0 Å². The zero-order valence-electron chi connectivity index (χ0n) is 11.9. The average Bonchev–Trinajstić information content (AvgIpc) is 3.20. The number of nitrogens with one attached hydrogen (secondary N) is 1. The summed E-state index contributed by atoms with van der Waals surface area (Å²) >= 11 is 0. The van der Waals surface area contributed by atoms with Crippen molar-refractivity contribution in [2.24, 2.45) is 11.1 Å². The number of nitrogens with zero attached hydrogens (tertiary/aromatic N) is 1. The summed E-state index contributed by atoms with van der Waals surface area (Å²) in [6.45, 7) is 2.72. The Bertz CT molecular complexity index is 334. The molecule has 3 rings (SSSR count). The summed E-state index contributed by atoms with van der Waals surface area (Å²) in [6, 6.07) is 1.18. The van der Waals surface area contributed by atoms with Crippen LogP contribution in [-0.4, -0.2) is 42.5 Å². The Morgan fingerprint density at radius 1 is 1.21 bits per heavy atom. The van der Waals surface area contributed by atoms with E-state index in [0.29, 0.717) is 12.6 Å². The molecule has 1 atom stereocenters. The van der Waals surface area contributed by atoms with Gasteiger partial charge in [0.25, 0.3) is 0 Å². The molecule has 19 heavy (non-hydrogen) atoms. The maximum Gasteiger partial charge on any atom is 0.227 e. The molecule has 0 aromatic rings. The number of amides is 1. The van der Waals surface area contributed by atoms with Gasteiger partial charge < -0.3 is 11.1 Å². The van der Waals surface area contributed by atoms with Crippen molar-refractivity contribution >= 4 is 5.91 Å². The van der Waals surface area contributed by atoms with Crippen molar-refractivity contribution in [3.63, 3.8) is 0 Å². The van der Waals surface area contributed by atoms with E-state index in [1.807, 2.05) is 0 Å². The fraction of sp³-hybridized carbons (Fsp3) is 0.933. The van der Waals surface area contributed by atoms with Crippen molar-refractivity contribution < 1.29 is 4.79 Å². The van der Waals surface area contributed by atoms with Gasteiger partial charge in [0.2, 0.25) is 5.91 Å². The van der Waals surface area contributed by atoms with Crippen LogP contribution in [0, 0.1) is 5.41 Å². The Labute approximate surface area is 116 Å². The van der Waals surface area contributed by atoms with E-state index in [1.165, 1.54) is 19.3 Å². The molecule has 3 aliphatic rings. The van der Waals surface area contributed by atoms with Gasteiger partial charge in [0.05, 0.1) is 5.41 Å². The minimum absolute atomic E-state index is 0.234. The molecule has 108 valence electrons. The van der Waals surface area contributed by atoms with Crippen LogP contribution in [0.15, 0.2) is 0 Å². The van der Waals surface area contributed by atoms with E-state index in [0.717, 1.165) is 51.2 Å². The summed E-state index contributed by atoms with van der Waals surface area (Å²) in [6.07, 6.45) is 9.35. The van der Waals surface area contributed by atoms with E-state index in [2.05, 4.69) is 10.2 Å². The topological polar surface area (TPSA) is 58.4 Å². The first-order chi connectivity index (χ1) is 9.23. The molecule has 0 aromatic carbocycles. The van der Waals surface area contributed by atoms with Gasteiger partial charge in [0.15, 0.2) is 0 Å². The minimum Gasteiger partial charge on any atom is -0.352 e. The molecule has 2 aliphatic carbocycles. The van der Waals surface area contributed by atoms with Gasteiger partial charge in [-0.2, -0.15) is 0 Å². The van der Waals surface area contributed by atoms with Crippen LogP contribution in [0.5, 0.6) is 0 Å². The Hall–Kier alpha value is -0.610. The van der Waals surface area contributed by atoms with Gasteiger partial charge in [0.1, 0.15) is 0 Å². The van der Waals surface area contributed by atoms with Crippen LogP contribution >= 0.6 is 0 Å². The summed E-state index contributed by atoms with van der Waals surface area (Å²) in [5.41, 5.74) is 5.67. The van der Waals surface area contributed by atoms with E-state index >= 15 is 0 Å². The van der Waals surface area contributed by atoms with Crippen molar-refractivity contribution in [2.75, 3.05) is 19.6 Å². The third kappa shape index (κ3) is 2.79. The Kier molecular flexibility index (Phi) is 3.81. The minimum atomic E-state index is -0.259. The molecule has 4 nitrogen and oxygen atoms in total. The lowest BCUT2D eigenvalue weighted by Gasteiger charge is -2.35. The number of hydrogen-bond donors (Lipinski definition) is 2. The second-order valence-corrected chi connectivity index (χ2v) is 6.73. The molecule has 0 aromatic heterocycles. The summed E-state index contributed by atoms with van der Waals surface area (Å²) in [7, 11) is 0. The number of carbonyl (C=O) groups is 1. The highest BCUT2D eigenvalue weighted by molar-refractivity contribution is 5.83. The van der Waals surface area contributed by atoms with Crippen molar-refractivity contribution in [1.29, 1.82) is 0 Å². The van der Waals surface area contributed by atoms with E-state index < -0.39 is 0 Å². The highest BCUT2D eigenvalue weighted by atomic mass is 16.2. The van der Waals surface area contributed by atoms with Gasteiger partial charge in [0, 0.05) is 31.7 Å². The second kappa shape index (κ2) is 5.41. The van der Waals surface area contributed by atoms with Crippen LogP contribution in [-0.2, 0) is 4.79 Å². The smallest absolute Gasteiger partial charge is 0.227 e. The SMILES string of the molecule is NCC1(C(=O)NC2CCN(C3CC3)C2)CCCCC1. The van der Waals surface area contributed by atoms with Crippen LogP contribution in [0.25, 0.3) is 0 Å². The van der Waals surface area contributed by atoms with Crippen molar-refractivity contribution in [2.45, 2.75) is 63.5 Å². The lowest BCUT2D eigenvalue weighted by Crippen LogP contribution is -2.50. The fourth-order valence-corrected chi connectivity index (χ4v) is 3.77. The largest absolute Gasteiger partial charge is 0.352 e. The average molecular weight is 265 g/mol. The number of rotatable bonds is 4. The van der Waals surface area contributed by atoms with Crippen LogP contribution in [0.2, 0.25) is 0 Å². The first-order valence-corrected chi connectivity index (χ1v) is 7.99. The number of hydrogen-bond acceptors (Lipinski definition) is 3. The van der Waals surface area contributed by atoms with Crippen LogP contribution in [0.1, 0.15) is 51.4 Å². The normalized spacial score (nSPS) is 31.3. The van der Waals surface area contributed by atoms with Gasteiger partial charge in [-0.3, -0.25) is 9.69 Å². The zero-order chi connectivity index (χ0) is 13.3. The number of carbonyl (C=O) groups excluding carboxylic acids is 1. The molecule has 4 heteroatoms. The predicted molar refractivity (Wildman–Crippen MR) is 75.7 cm³/mol. The maximum absolute atomic E-state index is 12.6. The summed E-state index contributed by atoms with van der Waals surface area (Å²) in [4.78, 5) is 15.1. The number of likely N-dealkylation sites (tertiary alicyclic amines) is 1. The first-order valence-electron chi connectivity index (χ1n) is 7.99. The summed E-state index contributed by atoms with van der Waals surface area (Å²) in [5, 5.41) is 3.29. The molecule has 0 spiro atoms. The van der Waals surface area contributed by atoms with Crippen molar-refractivity contribution in [3.8, 4) is 0 Å². The molecule has 3 fully saturated rings. The van der Waals surface area contributed by atoms with Gasteiger partial charge in [-0.1, -0.05) is 19.3 Å². The van der Waals surface area contributed by atoms with E-state index in [1.54, 1.807) is 0 Å².